The summed E-state index contributed by atoms with van der Waals surface area (Å²) in [4.78, 5) is 6.40. The van der Waals surface area contributed by atoms with E-state index in [1.165, 1.54) is 73.5 Å². The molecule has 0 spiro atoms. The predicted octanol–water partition coefficient (Wildman–Crippen LogP) is 3.79. The molecule has 1 saturated carbocycles. The molecule has 1 aliphatic heterocycles. The molecular weight excluding hydrogens is 240 g/mol. The van der Waals surface area contributed by atoms with Crippen molar-refractivity contribution in [2.24, 2.45) is 0 Å². The van der Waals surface area contributed by atoms with Crippen molar-refractivity contribution in [2.75, 3.05) is 6.54 Å². The van der Waals surface area contributed by atoms with Crippen molar-refractivity contribution in [1.29, 1.82) is 0 Å². The maximum Gasteiger partial charge on any atom is 0.0961 e. The Labute approximate surface area is 114 Å². The van der Waals surface area contributed by atoms with Crippen molar-refractivity contribution in [2.45, 2.75) is 70.3 Å². The van der Waals surface area contributed by atoms with Gasteiger partial charge < -0.3 is 5.32 Å². The highest BCUT2D eigenvalue weighted by Crippen LogP contribution is 2.36. The lowest BCUT2D eigenvalue weighted by Crippen LogP contribution is -2.23. The molecule has 1 aliphatic carbocycles. The minimum atomic E-state index is 0.711. The molecule has 1 unspecified atom stereocenters. The van der Waals surface area contributed by atoms with Crippen LogP contribution >= 0.6 is 11.3 Å². The summed E-state index contributed by atoms with van der Waals surface area (Å²) < 4.78 is 0. The van der Waals surface area contributed by atoms with Gasteiger partial charge in [-0.1, -0.05) is 19.3 Å². The van der Waals surface area contributed by atoms with Crippen LogP contribution in [-0.2, 0) is 6.42 Å². The molecule has 1 aromatic rings. The molecule has 3 heteroatoms. The van der Waals surface area contributed by atoms with E-state index in [0.717, 1.165) is 5.92 Å². The second-order valence-corrected chi connectivity index (χ2v) is 7.01. The molecule has 0 amide bonds. The Morgan fingerprint density at radius 2 is 2.00 bits per heavy atom. The van der Waals surface area contributed by atoms with Gasteiger partial charge in [0.1, 0.15) is 0 Å². The van der Waals surface area contributed by atoms with Gasteiger partial charge in [-0.3, -0.25) is 0 Å². The molecule has 100 valence electrons. The Morgan fingerprint density at radius 1 is 1.17 bits per heavy atom. The monoisotopic (exact) mass is 264 g/mol. The van der Waals surface area contributed by atoms with E-state index < -0.39 is 0 Å². The molecule has 1 aromatic heterocycles. The fraction of sp³-hybridized carbons (Fsp3) is 0.800. The van der Waals surface area contributed by atoms with Gasteiger partial charge >= 0.3 is 0 Å². The van der Waals surface area contributed by atoms with E-state index in [9.17, 15) is 0 Å². The van der Waals surface area contributed by atoms with Crippen LogP contribution in [0.1, 0.15) is 66.4 Å². The standard InChI is InChI=1S/C15H24N2S/c1-11-14(10-13-8-5-9-16-13)18-15(17-11)12-6-3-2-4-7-12/h12-13,16H,2-10H2,1H3. The van der Waals surface area contributed by atoms with Crippen molar-refractivity contribution in [1.82, 2.24) is 10.3 Å². The Hall–Kier alpha value is -0.410. The first-order chi connectivity index (χ1) is 8.83. The Balaban J connectivity index is 1.68. The molecular formula is C15H24N2S. The number of hydrogen-bond acceptors (Lipinski definition) is 3. The molecule has 2 heterocycles. The van der Waals surface area contributed by atoms with Crippen LogP contribution in [0.4, 0.5) is 0 Å². The fourth-order valence-electron chi connectivity index (χ4n) is 3.32. The molecule has 0 bridgehead atoms. The number of rotatable bonds is 3. The fourth-order valence-corrected chi connectivity index (χ4v) is 4.63. The zero-order chi connectivity index (χ0) is 12.4. The molecule has 2 aliphatic rings. The molecule has 2 fully saturated rings. The third-order valence-corrected chi connectivity index (χ3v) is 5.80. The quantitative estimate of drug-likeness (QED) is 0.898. The smallest absolute Gasteiger partial charge is 0.0961 e. The summed E-state index contributed by atoms with van der Waals surface area (Å²) in [5, 5.41) is 5.03. The second-order valence-electron chi connectivity index (χ2n) is 5.89. The molecule has 0 aromatic carbocycles. The number of aryl methyl sites for hydroxylation is 1. The van der Waals surface area contributed by atoms with Crippen LogP contribution in [0.5, 0.6) is 0 Å². The minimum Gasteiger partial charge on any atom is -0.314 e. The number of nitrogens with one attached hydrogen (secondary N) is 1. The van der Waals surface area contributed by atoms with Crippen molar-refractivity contribution < 1.29 is 0 Å². The second kappa shape index (κ2) is 5.70. The molecule has 18 heavy (non-hydrogen) atoms. The van der Waals surface area contributed by atoms with E-state index in [-0.39, 0.29) is 0 Å². The normalized spacial score (nSPS) is 25.7. The summed E-state index contributed by atoms with van der Waals surface area (Å²) in [6.07, 6.45) is 10.9. The molecule has 1 N–H and O–H groups in total. The van der Waals surface area contributed by atoms with Crippen molar-refractivity contribution in [3.63, 3.8) is 0 Å². The first-order valence-electron chi connectivity index (χ1n) is 7.52. The summed E-state index contributed by atoms with van der Waals surface area (Å²) in [6, 6.07) is 0.711. The summed E-state index contributed by atoms with van der Waals surface area (Å²) in [5.74, 6) is 0.771. The average Bonchev–Trinajstić information content (AvgIpc) is 3.02. The summed E-state index contributed by atoms with van der Waals surface area (Å²) >= 11 is 2.00. The van der Waals surface area contributed by atoms with Crippen LogP contribution in [0.2, 0.25) is 0 Å². The van der Waals surface area contributed by atoms with E-state index in [1.807, 2.05) is 11.3 Å². The average molecular weight is 264 g/mol. The summed E-state index contributed by atoms with van der Waals surface area (Å²) in [6.45, 7) is 3.41. The highest BCUT2D eigenvalue weighted by atomic mass is 32.1. The first kappa shape index (κ1) is 12.6. The molecule has 3 rings (SSSR count). The number of hydrogen-bond donors (Lipinski definition) is 1. The van der Waals surface area contributed by atoms with E-state index in [1.54, 1.807) is 0 Å². The van der Waals surface area contributed by atoms with Crippen LogP contribution in [-0.4, -0.2) is 17.6 Å². The van der Waals surface area contributed by atoms with Crippen LogP contribution in [0.15, 0.2) is 0 Å². The van der Waals surface area contributed by atoms with Crippen LogP contribution in [0.25, 0.3) is 0 Å². The Kier molecular flexibility index (Phi) is 4.00. The molecule has 2 nitrogen and oxygen atoms in total. The van der Waals surface area contributed by atoms with E-state index in [0.29, 0.717) is 6.04 Å². The molecule has 0 radical (unpaired) electrons. The third-order valence-electron chi connectivity index (χ3n) is 4.46. The lowest BCUT2D eigenvalue weighted by molar-refractivity contribution is 0.442. The van der Waals surface area contributed by atoms with Gasteiger partial charge in [-0.2, -0.15) is 0 Å². The topological polar surface area (TPSA) is 24.9 Å². The van der Waals surface area contributed by atoms with Gasteiger partial charge in [-0.15, -0.1) is 11.3 Å². The van der Waals surface area contributed by atoms with Gasteiger partial charge in [-0.05, 0) is 45.6 Å². The Bertz CT molecular complexity index is 387. The lowest BCUT2D eigenvalue weighted by atomic mass is 9.90. The Morgan fingerprint density at radius 3 is 2.72 bits per heavy atom. The highest BCUT2D eigenvalue weighted by Gasteiger charge is 2.22. The first-order valence-corrected chi connectivity index (χ1v) is 8.34. The number of nitrogens with zero attached hydrogens (tertiary/aromatic N) is 1. The SMILES string of the molecule is Cc1nc(C2CCCCC2)sc1CC1CCCN1. The minimum absolute atomic E-state index is 0.711. The van der Waals surface area contributed by atoms with E-state index >= 15 is 0 Å². The predicted molar refractivity (Wildman–Crippen MR) is 77.4 cm³/mol. The third kappa shape index (κ3) is 2.77. The largest absolute Gasteiger partial charge is 0.314 e. The molecule has 1 atom stereocenters. The number of aromatic nitrogens is 1. The summed E-state index contributed by atoms with van der Waals surface area (Å²) in [5.41, 5.74) is 1.30. The maximum absolute atomic E-state index is 4.87. The van der Waals surface area contributed by atoms with Crippen molar-refractivity contribution >= 4 is 11.3 Å². The zero-order valence-corrected chi connectivity index (χ0v) is 12.2. The van der Waals surface area contributed by atoms with Gasteiger partial charge in [0.2, 0.25) is 0 Å². The van der Waals surface area contributed by atoms with Gasteiger partial charge in [0.25, 0.3) is 0 Å². The van der Waals surface area contributed by atoms with Gasteiger partial charge in [0.15, 0.2) is 0 Å². The molecule has 1 saturated heterocycles. The highest BCUT2D eigenvalue weighted by molar-refractivity contribution is 7.11. The van der Waals surface area contributed by atoms with Crippen LogP contribution < -0.4 is 5.32 Å². The van der Waals surface area contributed by atoms with E-state index in [4.69, 9.17) is 4.98 Å². The van der Waals surface area contributed by atoms with Gasteiger partial charge in [0.05, 0.1) is 10.7 Å². The maximum atomic E-state index is 4.87. The van der Waals surface area contributed by atoms with Gasteiger partial charge in [0, 0.05) is 16.8 Å². The van der Waals surface area contributed by atoms with Gasteiger partial charge in [-0.25, -0.2) is 4.98 Å². The van der Waals surface area contributed by atoms with E-state index in [2.05, 4.69) is 12.2 Å². The summed E-state index contributed by atoms with van der Waals surface area (Å²) in [7, 11) is 0. The number of thiazole rings is 1. The van der Waals surface area contributed by atoms with Crippen molar-refractivity contribution in [3.8, 4) is 0 Å². The van der Waals surface area contributed by atoms with Crippen LogP contribution in [0.3, 0.4) is 0 Å². The lowest BCUT2D eigenvalue weighted by Gasteiger charge is -2.18. The van der Waals surface area contributed by atoms with Crippen molar-refractivity contribution in [3.05, 3.63) is 15.6 Å². The zero-order valence-electron chi connectivity index (χ0n) is 11.4. The van der Waals surface area contributed by atoms with Crippen LogP contribution in [0, 0.1) is 6.92 Å².